The molecule has 0 unspecified atom stereocenters. The summed E-state index contributed by atoms with van der Waals surface area (Å²) >= 11 is 6.01. The smallest absolute Gasteiger partial charge is 0.0457 e. The highest BCUT2D eigenvalue weighted by Gasteiger charge is 2.01. The molecule has 20 heavy (non-hydrogen) atoms. The predicted molar refractivity (Wildman–Crippen MR) is 89.6 cm³/mol. The molecule has 0 fully saturated rings. The molecule has 2 aromatic rings. The van der Waals surface area contributed by atoms with Gasteiger partial charge >= 0.3 is 0 Å². The Bertz CT molecular complexity index is 515. The third kappa shape index (κ3) is 4.86. The monoisotopic (exact) mass is 291 g/mol. The van der Waals surface area contributed by atoms with Crippen LogP contribution in [0, 0.1) is 0 Å². The first-order chi connectivity index (χ1) is 9.79. The van der Waals surface area contributed by atoms with Gasteiger partial charge in [0.2, 0.25) is 0 Å². The first-order valence-electron chi connectivity index (χ1n) is 8.07. The lowest BCUT2D eigenvalue weighted by Gasteiger charge is -2.01. The van der Waals surface area contributed by atoms with Crippen LogP contribution in [0.5, 0.6) is 0 Å². The van der Waals surface area contributed by atoms with Gasteiger partial charge in [0.25, 0.3) is 0 Å². The van der Waals surface area contributed by atoms with Crippen LogP contribution in [0.2, 0.25) is 5.02 Å². The van der Waals surface area contributed by atoms with E-state index >= 15 is 0 Å². The number of halogens is 1. The summed E-state index contributed by atoms with van der Waals surface area (Å²) < 4.78 is 0. The number of benzene rings is 1. The normalized spacial score (nSPS) is 11.3. The quantitative estimate of drug-likeness (QED) is 0.507. The molecular weight excluding hydrogens is 266 g/mol. The van der Waals surface area contributed by atoms with Crippen molar-refractivity contribution in [1.29, 1.82) is 0 Å². The van der Waals surface area contributed by atoms with Crippen molar-refractivity contribution in [3.63, 3.8) is 0 Å². The molecule has 0 aliphatic carbocycles. The minimum absolute atomic E-state index is 0.815. The fraction of sp³-hybridized carbons (Fsp3) is 0.556. The number of fused-ring (bicyclic) bond motifs is 1. The lowest BCUT2D eigenvalue weighted by atomic mass is 10.1. The standard InChI is InChI=1S/C18H26ClN/c1-2-3-4-5-6-7-8-9-10-17-14-15-13-16(19)11-12-18(15)20-17/h11-14,20H,2-10H2,1H3. The molecule has 0 radical (unpaired) electrons. The largest absolute Gasteiger partial charge is 0.358 e. The number of H-pyrrole nitrogens is 1. The van der Waals surface area contributed by atoms with Crippen LogP contribution >= 0.6 is 11.6 Å². The molecule has 0 spiro atoms. The molecule has 1 aromatic carbocycles. The maximum absolute atomic E-state index is 6.01. The Balaban J connectivity index is 1.65. The van der Waals surface area contributed by atoms with Crippen LogP contribution in [0.4, 0.5) is 0 Å². The van der Waals surface area contributed by atoms with Gasteiger partial charge in [0, 0.05) is 21.6 Å². The number of aryl methyl sites for hydroxylation is 1. The van der Waals surface area contributed by atoms with Gasteiger partial charge in [0.15, 0.2) is 0 Å². The average molecular weight is 292 g/mol. The summed E-state index contributed by atoms with van der Waals surface area (Å²) in [6, 6.07) is 8.28. The second-order valence-corrected chi connectivity index (χ2v) is 6.19. The van der Waals surface area contributed by atoms with Crippen LogP contribution in [0.1, 0.15) is 64.0 Å². The van der Waals surface area contributed by atoms with Gasteiger partial charge in [-0.25, -0.2) is 0 Å². The van der Waals surface area contributed by atoms with E-state index < -0.39 is 0 Å². The third-order valence-corrected chi connectivity index (χ3v) is 4.17. The van der Waals surface area contributed by atoms with Gasteiger partial charge in [0.05, 0.1) is 0 Å². The number of hydrogen-bond donors (Lipinski definition) is 1. The molecule has 0 saturated carbocycles. The lowest BCUT2D eigenvalue weighted by Crippen LogP contribution is -1.86. The molecule has 0 aliphatic heterocycles. The number of aromatic amines is 1. The first-order valence-corrected chi connectivity index (χ1v) is 8.44. The van der Waals surface area contributed by atoms with E-state index in [-0.39, 0.29) is 0 Å². The van der Waals surface area contributed by atoms with Crippen LogP contribution in [0.3, 0.4) is 0 Å². The van der Waals surface area contributed by atoms with Crippen molar-refractivity contribution in [3.8, 4) is 0 Å². The maximum atomic E-state index is 6.01. The summed E-state index contributed by atoms with van der Waals surface area (Å²) in [5.41, 5.74) is 2.54. The Morgan fingerprint density at radius 2 is 1.60 bits per heavy atom. The average Bonchev–Trinajstić information content (AvgIpc) is 2.83. The van der Waals surface area contributed by atoms with Crippen molar-refractivity contribution in [2.75, 3.05) is 0 Å². The first kappa shape index (κ1) is 15.4. The number of unbranched alkanes of at least 4 members (excludes halogenated alkanes) is 7. The van der Waals surface area contributed by atoms with E-state index in [0.717, 1.165) is 11.4 Å². The van der Waals surface area contributed by atoms with E-state index in [0.29, 0.717) is 0 Å². The van der Waals surface area contributed by atoms with Crippen molar-refractivity contribution < 1.29 is 0 Å². The summed E-state index contributed by atoms with van der Waals surface area (Å²) in [5, 5.41) is 2.04. The highest BCUT2D eigenvalue weighted by Crippen LogP contribution is 2.21. The molecule has 2 rings (SSSR count). The molecule has 1 aromatic heterocycles. The molecule has 0 bridgehead atoms. The zero-order chi connectivity index (χ0) is 14.2. The van der Waals surface area contributed by atoms with E-state index in [1.165, 1.54) is 68.0 Å². The molecular formula is C18H26ClN. The Labute approximate surface area is 127 Å². The van der Waals surface area contributed by atoms with E-state index in [1.807, 2.05) is 12.1 Å². The van der Waals surface area contributed by atoms with Gasteiger partial charge in [-0.1, -0.05) is 63.5 Å². The van der Waals surface area contributed by atoms with Gasteiger partial charge in [-0.2, -0.15) is 0 Å². The van der Waals surface area contributed by atoms with Crippen LogP contribution in [0.25, 0.3) is 10.9 Å². The van der Waals surface area contributed by atoms with Crippen molar-refractivity contribution in [1.82, 2.24) is 4.98 Å². The van der Waals surface area contributed by atoms with Crippen LogP contribution < -0.4 is 0 Å². The lowest BCUT2D eigenvalue weighted by molar-refractivity contribution is 0.574. The topological polar surface area (TPSA) is 15.8 Å². The zero-order valence-corrected chi connectivity index (χ0v) is 13.3. The molecule has 1 nitrogen and oxygen atoms in total. The van der Waals surface area contributed by atoms with Crippen molar-refractivity contribution in [3.05, 3.63) is 35.0 Å². The Morgan fingerprint density at radius 1 is 0.900 bits per heavy atom. The van der Waals surface area contributed by atoms with E-state index in [1.54, 1.807) is 0 Å². The van der Waals surface area contributed by atoms with Crippen LogP contribution in [-0.4, -0.2) is 4.98 Å². The predicted octanol–water partition coefficient (Wildman–Crippen LogP) is 6.50. The molecule has 2 heteroatoms. The van der Waals surface area contributed by atoms with Crippen LogP contribution in [-0.2, 0) is 6.42 Å². The SMILES string of the molecule is CCCCCCCCCCc1cc2cc(Cl)ccc2[nH]1. The van der Waals surface area contributed by atoms with Gasteiger partial charge in [0.1, 0.15) is 0 Å². The highest BCUT2D eigenvalue weighted by molar-refractivity contribution is 6.31. The Hall–Kier alpha value is -0.950. The molecule has 0 saturated heterocycles. The zero-order valence-electron chi connectivity index (χ0n) is 12.6. The number of nitrogens with one attached hydrogen (secondary N) is 1. The second kappa shape index (κ2) is 8.36. The minimum Gasteiger partial charge on any atom is -0.358 e. The van der Waals surface area contributed by atoms with Crippen LogP contribution in [0.15, 0.2) is 24.3 Å². The summed E-state index contributed by atoms with van der Waals surface area (Å²) in [7, 11) is 0. The number of hydrogen-bond acceptors (Lipinski definition) is 0. The van der Waals surface area contributed by atoms with Crippen molar-refractivity contribution in [2.24, 2.45) is 0 Å². The number of aromatic nitrogens is 1. The summed E-state index contributed by atoms with van der Waals surface area (Å²) in [6.45, 7) is 2.27. The molecule has 0 aliphatic rings. The fourth-order valence-electron chi connectivity index (χ4n) is 2.75. The van der Waals surface area contributed by atoms with Gasteiger partial charge < -0.3 is 4.98 Å². The summed E-state index contributed by atoms with van der Waals surface area (Å²) in [5.74, 6) is 0. The number of rotatable bonds is 9. The second-order valence-electron chi connectivity index (χ2n) is 5.75. The molecule has 0 amide bonds. The summed E-state index contributed by atoms with van der Waals surface area (Å²) in [6.07, 6.45) is 12.1. The fourth-order valence-corrected chi connectivity index (χ4v) is 2.93. The van der Waals surface area contributed by atoms with E-state index in [4.69, 9.17) is 11.6 Å². The maximum Gasteiger partial charge on any atom is 0.0457 e. The Morgan fingerprint density at radius 3 is 2.35 bits per heavy atom. The highest BCUT2D eigenvalue weighted by atomic mass is 35.5. The van der Waals surface area contributed by atoms with Gasteiger partial charge in [-0.3, -0.25) is 0 Å². The minimum atomic E-state index is 0.815. The summed E-state index contributed by atoms with van der Waals surface area (Å²) in [4.78, 5) is 3.48. The molecule has 1 N–H and O–H groups in total. The van der Waals surface area contributed by atoms with E-state index in [9.17, 15) is 0 Å². The van der Waals surface area contributed by atoms with Gasteiger partial charge in [-0.05, 0) is 37.1 Å². The third-order valence-electron chi connectivity index (χ3n) is 3.94. The molecule has 0 atom stereocenters. The Kier molecular flexibility index (Phi) is 6.46. The molecule has 110 valence electrons. The van der Waals surface area contributed by atoms with Crippen molar-refractivity contribution in [2.45, 2.75) is 64.7 Å². The van der Waals surface area contributed by atoms with Crippen molar-refractivity contribution >= 4 is 22.5 Å². The van der Waals surface area contributed by atoms with E-state index in [2.05, 4.69) is 24.0 Å². The van der Waals surface area contributed by atoms with Gasteiger partial charge in [-0.15, -0.1) is 0 Å². The molecule has 1 heterocycles.